The molecule has 0 radical (unpaired) electrons. The number of rotatable bonds is 6. The van der Waals surface area contributed by atoms with Crippen molar-refractivity contribution in [1.29, 1.82) is 0 Å². The van der Waals surface area contributed by atoms with Gasteiger partial charge in [0.1, 0.15) is 12.4 Å². The molecule has 2 aromatic carbocycles. The van der Waals surface area contributed by atoms with Gasteiger partial charge in [-0.2, -0.15) is 0 Å². The van der Waals surface area contributed by atoms with Gasteiger partial charge in [-0.15, -0.1) is 0 Å². The number of aryl methyl sites for hydroxylation is 1. The lowest BCUT2D eigenvalue weighted by Crippen LogP contribution is -2.28. The van der Waals surface area contributed by atoms with Crippen molar-refractivity contribution in [3.05, 3.63) is 68.7 Å². The molecule has 0 bridgehead atoms. The molecule has 0 spiro atoms. The van der Waals surface area contributed by atoms with Crippen LogP contribution >= 0.6 is 11.6 Å². The van der Waals surface area contributed by atoms with Crippen LogP contribution in [0, 0.1) is 17.0 Å². The van der Waals surface area contributed by atoms with Crippen molar-refractivity contribution in [2.75, 3.05) is 13.2 Å². The van der Waals surface area contributed by atoms with Crippen LogP contribution in [0.3, 0.4) is 0 Å². The number of hydrogen-bond donors (Lipinski definition) is 1. The van der Waals surface area contributed by atoms with Gasteiger partial charge in [0.05, 0.1) is 11.5 Å². The molecule has 2 aromatic rings. The Morgan fingerprint density at radius 2 is 2.09 bits per heavy atom. The van der Waals surface area contributed by atoms with Crippen molar-refractivity contribution in [3.63, 3.8) is 0 Å². The van der Waals surface area contributed by atoms with E-state index < -0.39 is 4.92 Å². The van der Waals surface area contributed by atoms with Crippen LogP contribution < -0.4 is 10.1 Å². The van der Waals surface area contributed by atoms with Gasteiger partial charge in [0.15, 0.2) is 0 Å². The Balaban J connectivity index is 1.84. The number of nitrogens with one attached hydrogen (secondary N) is 1. The van der Waals surface area contributed by atoms with E-state index in [-0.39, 0.29) is 30.3 Å². The molecule has 2 rings (SSSR count). The van der Waals surface area contributed by atoms with Crippen LogP contribution in [0.1, 0.15) is 15.9 Å². The molecule has 0 aliphatic rings. The van der Waals surface area contributed by atoms with E-state index in [1.165, 1.54) is 24.3 Å². The average molecular weight is 335 g/mol. The summed E-state index contributed by atoms with van der Waals surface area (Å²) >= 11 is 5.99. The minimum Gasteiger partial charge on any atom is -0.492 e. The minimum atomic E-state index is -0.541. The van der Waals surface area contributed by atoms with Crippen LogP contribution in [0.2, 0.25) is 5.02 Å². The summed E-state index contributed by atoms with van der Waals surface area (Å²) in [6.07, 6.45) is 0. The number of hydrogen-bond acceptors (Lipinski definition) is 4. The predicted octanol–water partition coefficient (Wildman–Crippen LogP) is 3.37. The van der Waals surface area contributed by atoms with Crippen molar-refractivity contribution < 1.29 is 14.5 Å². The van der Waals surface area contributed by atoms with E-state index in [4.69, 9.17) is 16.3 Å². The number of non-ortho nitro benzene ring substituents is 1. The number of nitro groups is 1. The van der Waals surface area contributed by atoms with Crippen molar-refractivity contribution in [2.45, 2.75) is 6.92 Å². The van der Waals surface area contributed by atoms with E-state index in [1.807, 2.05) is 13.0 Å². The summed E-state index contributed by atoms with van der Waals surface area (Å²) in [5.41, 5.74) is 1.07. The number of carbonyl (C=O) groups is 1. The first-order chi connectivity index (χ1) is 11.0. The first kappa shape index (κ1) is 16.8. The van der Waals surface area contributed by atoms with E-state index in [0.717, 1.165) is 5.56 Å². The smallest absolute Gasteiger partial charge is 0.270 e. The Kier molecular flexibility index (Phi) is 5.54. The van der Waals surface area contributed by atoms with Gasteiger partial charge in [0.2, 0.25) is 0 Å². The third kappa shape index (κ3) is 4.69. The van der Waals surface area contributed by atoms with Crippen molar-refractivity contribution in [2.24, 2.45) is 0 Å². The lowest BCUT2D eigenvalue weighted by molar-refractivity contribution is -0.384. The first-order valence-corrected chi connectivity index (χ1v) is 7.27. The van der Waals surface area contributed by atoms with Gasteiger partial charge in [0.25, 0.3) is 11.6 Å². The van der Waals surface area contributed by atoms with Gasteiger partial charge in [-0.25, -0.2) is 0 Å². The van der Waals surface area contributed by atoms with Gasteiger partial charge in [-0.3, -0.25) is 14.9 Å². The fraction of sp³-hybridized carbons (Fsp3) is 0.188. The van der Waals surface area contributed by atoms with E-state index in [9.17, 15) is 14.9 Å². The van der Waals surface area contributed by atoms with Gasteiger partial charge in [-0.05, 0) is 30.7 Å². The second-order valence-corrected chi connectivity index (χ2v) is 5.23. The van der Waals surface area contributed by atoms with Crippen molar-refractivity contribution >= 4 is 23.2 Å². The zero-order valence-electron chi connectivity index (χ0n) is 12.4. The molecular weight excluding hydrogens is 320 g/mol. The molecule has 0 saturated carbocycles. The molecule has 0 atom stereocenters. The molecule has 0 aromatic heterocycles. The zero-order chi connectivity index (χ0) is 16.8. The third-order valence-electron chi connectivity index (χ3n) is 3.12. The summed E-state index contributed by atoms with van der Waals surface area (Å²) in [5.74, 6) is 0.226. The zero-order valence-corrected chi connectivity index (χ0v) is 13.2. The van der Waals surface area contributed by atoms with Gasteiger partial charge >= 0.3 is 0 Å². The topological polar surface area (TPSA) is 81.5 Å². The number of amides is 1. The van der Waals surface area contributed by atoms with Crippen LogP contribution in [0.4, 0.5) is 5.69 Å². The second kappa shape index (κ2) is 7.60. The summed E-state index contributed by atoms with van der Waals surface area (Å²) in [5, 5.41) is 13.9. The normalized spacial score (nSPS) is 10.2. The van der Waals surface area contributed by atoms with E-state index in [1.54, 1.807) is 12.1 Å². The maximum atomic E-state index is 11.9. The fourth-order valence-corrected chi connectivity index (χ4v) is 2.03. The van der Waals surface area contributed by atoms with Crippen LogP contribution in [-0.2, 0) is 0 Å². The highest BCUT2D eigenvalue weighted by Gasteiger charge is 2.10. The van der Waals surface area contributed by atoms with Gasteiger partial charge in [-0.1, -0.05) is 23.7 Å². The summed E-state index contributed by atoms with van der Waals surface area (Å²) < 4.78 is 5.48. The molecule has 1 amide bonds. The van der Waals surface area contributed by atoms with Crippen LogP contribution in [0.25, 0.3) is 0 Å². The number of carbonyl (C=O) groups excluding carboxylic acids is 1. The predicted molar refractivity (Wildman–Crippen MR) is 87.1 cm³/mol. The summed E-state index contributed by atoms with van der Waals surface area (Å²) in [4.78, 5) is 22.1. The Bertz CT molecular complexity index is 734. The number of ether oxygens (including phenoxy) is 1. The quantitative estimate of drug-likeness (QED) is 0.499. The lowest BCUT2D eigenvalue weighted by Gasteiger charge is -2.09. The Labute approximate surface area is 138 Å². The average Bonchev–Trinajstić information content (AvgIpc) is 2.54. The Morgan fingerprint density at radius 1 is 1.30 bits per heavy atom. The van der Waals surface area contributed by atoms with E-state index in [0.29, 0.717) is 10.8 Å². The lowest BCUT2D eigenvalue weighted by atomic mass is 10.2. The Morgan fingerprint density at radius 3 is 2.78 bits per heavy atom. The molecule has 23 heavy (non-hydrogen) atoms. The molecule has 0 heterocycles. The highest BCUT2D eigenvalue weighted by molar-refractivity contribution is 6.31. The standard InChI is InChI=1S/C16H15ClN2O4/c1-11-5-6-14(10-15(11)17)23-8-7-18-16(20)12-3-2-4-13(9-12)19(21)22/h2-6,9-10H,7-8H2,1H3,(H,18,20). The molecule has 0 unspecified atom stereocenters. The molecule has 6 nitrogen and oxygen atoms in total. The second-order valence-electron chi connectivity index (χ2n) is 4.82. The van der Waals surface area contributed by atoms with Crippen LogP contribution in [-0.4, -0.2) is 24.0 Å². The first-order valence-electron chi connectivity index (χ1n) is 6.89. The summed E-state index contributed by atoms with van der Waals surface area (Å²) in [6, 6.07) is 10.9. The van der Waals surface area contributed by atoms with Gasteiger partial charge < -0.3 is 10.1 Å². The largest absolute Gasteiger partial charge is 0.492 e. The molecule has 0 aliphatic heterocycles. The number of nitro benzene ring substituents is 1. The number of benzene rings is 2. The molecular formula is C16H15ClN2O4. The molecule has 7 heteroatoms. The molecule has 1 N–H and O–H groups in total. The van der Waals surface area contributed by atoms with Gasteiger partial charge in [0, 0.05) is 22.7 Å². The molecule has 0 saturated heterocycles. The van der Waals surface area contributed by atoms with E-state index >= 15 is 0 Å². The third-order valence-corrected chi connectivity index (χ3v) is 3.53. The highest BCUT2D eigenvalue weighted by atomic mass is 35.5. The monoisotopic (exact) mass is 334 g/mol. The Hall–Kier alpha value is -2.60. The number of nitrogens with zero attached hydrogens (tertiary/aromatic N) is 1. The van der Waals surface area contributed by atoms with E-state index in [2.05, 4.69) is 5.32 Å². The SMILES string of the molecule is Cc1ccc(OCCNC(=O)c2cccc([N+](=O)[O-])c2)cc1Cl. The maximum Gasteiger partial charge on any atom is 0.270 e. The highest BCUT2D eigenvalue weighted by Crippen LogP contribution is 2.21. The number of halogens is 1. The van der Waals surface area contributed by atoms with Crippen LogP contribution in [0.15, 0.2) is 42.5 Å². The summed E-state index contributed by atoms with van der Waals surface area (Å²) in [6.45, 7) is 2.43. The minimum absolute atomic E-state index is 0.122. The molecule has 0 fully saturated rings. The van der Waals surface area contributed by atoms with Crippen molar-refractivity contribution in [1.82, 2.24) is 5.32 Å². The van der Waals surface area contributed by atoms with Crippen LogP contribution in [0.5, 0.6) is 5.75 Å². The maximum absolute atomic E-state index is 11.9. The fourth-order valence-electron chi connectivity index (χ4n) is 1.86. The molecule has 0 aliphatic carbocycles. The van der Waals surface area contributed by atoms with Crippen molar-refractivity contribution in [3.8, 4) is 5.75 Å². The summed E-state index contributed by atoms with van der Waals surface area (Å²) in [7, 11) is 0. The molecule has 120 valence electrons.